The van der Waals surface area contributed by atoms with Crippen LogP contribution in [0.3, 0.4) is 0 Å². The van der Waals surface area contributed by atoms with Crippen LogP contribution in [-0.2, 0) is 26.2 Å². The van der Waals surface area contributed by atoms with Crippen LogP contribution in [0.1, 0.15) is 68.4 Å². The van der Waals surface area contributed by atoms with E-state index in [9.17, 15) is 32.0 Å². The number of imidazole rings is 1. The predicted molar refractivity (Wildman–Crippen MR) is 145 cm³/mol. The van der Waals surface area contributed by atoms with Gasteiger partial charge in [0, 0.05) is 63.9 Å². The first-order valence-corrected chi connectivity index (χ1v) is 15.0. The van der Waals surface area contributed by atoms with Crippen molar-refractivity contribution in [1.82, 2.24) is 28.6 Å². The molecule has 4 aliphatic rings. The van der Waals surface area contributed by atoms with Gasteiger partial charge < -0.3 is 4.57 Å². The summed E-state index contributed by atoms with van der Waals surface area (Å²) in [5, 5.41) is 18.1. The average molecular weight is 604 g/mol. The number of fused-ring (bicyclic) bond motifs is 4. The molecule has 0 aromatic carbocycles. The topological polar surface area (TPSA) is 84.2 Å². The average Bonchev–Trinajstić information content (AvgIpc) is 3.26. The highest BCUT2D eigenvalue weighted by atomic mass is 19.4. The number of halogens is 5. The number of aromatic nitrogens is 5. The number of rotatable bonds is 5. The fraction of sp³-hybridized carbons (Fsp3) is 0.667. The third kappa shape index (κ3) is 4.19. The van der Waals surface area contributed by atoms with Crippen LogP contribution in [0, 0.1) is 39.9 Å². The van der Waals surface area contributed by atoms with Crippen LogP contribution in [0.25, 0.3) is 5.52 Å². The monoisotopic (exact) mass is 603 g/mol. The molecule has 43 heavy (non-hydrogen) atoms. The lowest BCUT2D eigenvalue weighted by atomic mass is 9.72. The van der Waals surface area contributed by atoms with Crippen molar-refractivity contribution in [2.45, 2.75) is 76.6 Å². The third-order valence-corrected chi connectivity index (χ3v) is 11.3. The Labute approximate surface area is 245 Å². The van der Waals surface area contributed by atoms with Crippen molar-refractivity contribution in [3.63, 3.8) is 0 Å². The van der Waals surface area contributed by atoms with Crippen LogP contribution < -0.4 is 5.69 Å². The molecule has 0 amide bonds. The second-order valence-electron chi connectivity index (χ2n) is 13.5. The van der Waals surface area contributed by atoms with Crippen molar-refractivity contribution < 1.29 is 22.0 Å². The first kappa shape index (κ1) is 28.5. The lowest BCUT2D eigenvalue weighted by Gasteiger charge is -2.36. The molecule has 230 valence electrons. The summed E-state index contributed by atoms with van der Waals surface area (Å²) in [5.74, 6) is -2.77. The third-order valence-electron chi connectivity index (χ3n) is 11.3. The predicted octanol–water partition coefficient (Wildman–Crippen LogP) is 5.23. The highest BCUT2D eigenvalue weighted by Crippen LogP contribution is 2.87. The van der Waals surface area contributed by atoms with Crippen molar-refractivity contribution >= 4 is 5.52 Å². The molecule has 3 saturated carbocycles. The molecule has 3 aromatic rings. The lowest BCUT2D eigenvalue weighted by Crippen LogP contribution is -2.45. The summed E-state index contributed by atoms with van der Waals surface area (Å²) in [5.41, 5.74) is -1.66. The van der Waals surface area contributed by atoms with Crippen LogP contribution in [0.5, 0.6) is 0 Å². The van der Waals surface area contributed by atoms with Crippen LogP contribution >= 0.6 is 0 Å². The molecular weight excluding hydrogens is 569 g/mol. The maximum Gasteiger partial charge on any atom is 0.418 e. The Kier molecular flexibility index (Phi) is 6.21. The smallest absolute Gasteiger partial charge is 0.321 e. The molecule has 4 fully saturated rings. The molecule has 1 aliphatic heterocycles. The van der Waals surface area contributed by atoms with Crippen LogP contribution in [0.2, 0.25) is 0 Å². The first-order valence-electron chi connectivity index (χ1n) is 15.0. The van der Waals surface area contributed by atoms with Crippen molar-refractivity contribution in [1.29, 1.82) is 5.26 Å². The normalized spacial score (nSPS) is 33.7. The van der Waals surface area contributed by atoms with Gasteiger partial charge in [0.1, 0.15) is 12.2 Å². The Morgan fingerprint density at radius 3 is 2.65 bits per heavy atom. The Morgan fingerprint density at radius 1 is 1.19 bits per heavy atom. The number of nitriles is 1. The molecule has 3 unspecified atom stereocenters. The Hall–Kier alpha value is -3.27. The zero-order valence-corrected chi connectivity index (χ0v) is 24.1. The fourth-order valence-corrected chi connectivity index (χ4v) is 9.11. The molecule has 3 aliphatic carbocycles. The summed E-state index contributed by atoms with van der Waals surface area (Å²) in [6.07, 6.45) is 3.82. The number of piperidine rings is 1. The first-order chi connectivity index (χ1) is 20.3. The molecule has 4 heterocycles. The van der Waals surface area contributed by atoms with Gasteiger partial charge in [-0.05, 0) is 54.1 Å². The lowest BCUT2D eigenvalue weighted by molar-refractivity contribution is -0.136. The van der Waals surface area contributed by atoms with Gasteiger partial charge in [-0.15, -0.1) is 10.2 Å². The molecule has 3 aromatic heterocycles. The Morgan fingerprint density at radius 2 is 1.98 bits per heavy atom. The van der Waals surface area contributed by atoms with Gasteiger partial charge >= 0.3 is 11.9 Å². The molecule has 8 nitrogen and oxygen atoms in total. The second-order valence-corrected chi connectivity index (χ2v) is 13.5. The fourth-order valence-electron chi connectivity index (χ4n) is 9.11. The van der Waals surface area contributed by atoms with E-state index in [4.69, 9.17) is 0 Å². The second kappa shape index (κ2) is 9.36. The summed E-state index contributed by atoms with van der Waals surface area (Å²) >= 11 is 0. The van der Waals surface area contributed by atoms with Gasteiger partial charge in [0.15, 0.2) is 0 Å². The van der Waals surface area contributed by atoms with E-state index in [0.717, 1.165) is 35.6 Å². The Balaban J connectivity index is 1.21. The maximum atomic E-state index is 14.3. The zero-order valence-electron chi connectivity index (χ0n) is 24.1. The zero-order chi connectivity index (χ0) is 30.5. The van der Waals surface area contributed by atoms with Crippen molar-refractivity contribution in [3.8, 4) is 6.07 Å². The van der Waals surface area contributed by atoms with Crippen molar-refractivity contribution in [2.24, 2.45) is 35.6 Å². The minimum Gasteiger partial charge on any atom is -0.321 e. The quantitative estimate of drug-likeness (QED) is 0.373. The van der Waals surface area contributed by atoms with E-state index in [-0.39, 0.29) is 65.8 Å². The number of hydrogen-bond donors (Lipinski definition) is 0. The molecule has 1 spiro atoms. The van der Waals surface area contributed by atoms with Gasteiger partial charge in [0.05, 0.1) is 23.1 Å². The number of nitrogens with zero attached hydrogens (tertiary/aromatic N) is 7. The number of pyridine rings is 1. The van der Waals surface area contributed by atoms with Crippen LogP contribution in [-0.4, -0.2) is 47.6 Å². The van der Waals surface area contributed by atoms with E-state index >= 15 is 0 Å². The molecule has 13 heteroatoms. The minimum absolute atomic E-state index is 0.0470. The van der Waals surface area contributed by atoms with E-state index in [1.165, 1.54) is 23.9 Å². The van der Waals surface area contributed by atoms with E-state index in [1.54, 1.807) is 11.2 Å². The highest BCUT2D eigenvalue weighted by Gasteiger charge is 2.84. The molecule has 0 N–H and O–H groups in total. The number of likely N-dealkylation sites (tertiary alicyclic amines) is 1. The minimum atomic E-state index is -4.70. The van der Waals surface area contributed by atoms with Gasteiger partial charge in [0.25, 0.3) is 5.92 Å². The van der Waals surface area contributed by atoms with Crippen LogP contribution in [0.15, 0.2) is 29.6 Å². The summed E-state index contributed by atoms with van der Waals surface area (Å²) in [6.45, 7) is 1.62. The van der Waals surface area contributed by atoms with Gasteiger partial charge in [-0.2, -0.15) is 18.4 Å². The molecular formula is C30H34F5N7O. The van der Waals surface area contributed by atoms with Crippen molar-refractivity contribution in [2.75, 3.05) is 13.1 Å². The van der Waals surface area contributed by atoms with Crippen LogP contribution in [0.4, 0.5) is 22.0 Å². The standard InChI is InChI=1S/C30H34F5N7O/c1-18-13-40(7-6-29(18,31)32)14-19-8-22(30(33,34)35)23-16-41(26(43)42(23)15-19)21-4-3-5-27(10-21)25-20(12-36)9-28(25,27)11-24-38-37-17-39(24)2/h8,15-18,20-21,25H,3-7,9-11,13-14H2,1-2H3/t18-,20+,21?,25?,27?,28-/m1/s1. The molecule has 0 radical (unpaired) electrons. The summed E-state index contributed by atoms with van der Waals surface area (Å²) in [7, 11) is 1.89. The maximum absolute atomic E-state index is 14.3. The largest absolute Gasteiger partial charge is 0.418 e. The van der Waals surface area contributed by atoms with E-state index in [2.05, 4.69) is 16.3 Å². The van der Waals surface area contributed by atoms with Crippen molar-refractivity contribution in [3.05, 3.63) is 52.2 Å². The summed E-state index contributed by atoms with van der Waals surface area (Å²) < 4.78 is 75.5. The van der Waals surface area contributed by atoms with Gasteiger partial charge in [0.2, 0.25) is 0 Å². The van der Waals surface area contributed by atoms with Gasteiger partial charge in [-0.25, -0.2) is 13.6 Å². The SMILES string of the molecule is C[C@@H]1CN(Cc2cc(C(F)(F)F)c3cn(C4CCCC5(C4)C4[C@H](C#N)C[C@@]45Cc4nncn4C)c(=O)n3c2)CCC1(F)F. The summed E-state index contributed by atoms with van der Waals surface area (Å²) in [6, 6.07) is 3.21. The van der Waals surface area contributed by atoms with Gasteiger partial charge in [-0.3, -0.25) is 13.9 Å². The molecule has 6 atom stereocenters. The number of alkyl halides is 5. The van der Waals surface area contributed by atoms with E-state index in [1.807, 2.05) is 11.6 Å². The summed E-state index contributed by atoms with van der Waals surface area (Å²) in [4.78, 5) is 15.5. The van der Waals surface area contributed by atoms with E-state index in [0.29, 0.717) is 19.3 Å². The Bertz CT molecular complexity index is 1680. The van der Waals surface area contributed by atoms with E-state index < -0.39 is 29.3 Å². The number of aryl methyl sites for hydroxylation is 1. The molecule has 7 rings (SSSR count). The number of hydrogen-bond acceptors (Lipinski definition) is 5. The molecule has 1 saturated heterocycles. The highest BCUT2D eigenvalue weighted by molar-refractivity contribution is 5.56. The molecule has 0 bridgehead atoms. The van der Waals surface area contributed by atoms with Gasteiger partial charge in [-0.1, -0.05) is 13.3 Å².